The molecule has 6 heteroatoms. The maximum Gasteiger partial charge on any atom is 0.363 e. The van der Waals surface area contributed by atoms with E-state index in [1.165, 1.54) is 4.90 Å². The average Bonchev–Trinajstić information content (AvgIpc) is 3.11. The Kier molecular flexibility index (Phi) is 5.07. The van der Waals surface area contributed by atoms with Crippen molar-refractivity contribution < 1.29 is 19.2 Å². The summed E-state index contributed by atoms with van der Waals surface area (Å²) in [7, 11) is 0. The van der Waals surface area contributed by atoms with Crippen LogP contribution in [0.5, 0.6) is 0 Å². The molecule has 6 nitrogen and oxygen atoms in total. The van der Waals surface area contributed by atoms with Gasteiger partial charge in [0.05, 0.1) is 5.56 Å². The van der Waals surface area contributed by atoms with Gasteiger partial charge in [-0.05, 0) is 29.8 Å². The highest BCUT2D eigenvalue weighted by molar-refractivity contribution is 5.99. The molecule has 1 aliphatic heterocycles. The minimum absolute atomic E-state index is 0.185. The minimum Gasteiger partial charge on any atom is -0.330 e. The molecule has 29 heavy (non-hydrogen) atoms. The smallest absolute Gasteiger partial charge is 0.330 e. The summed E-state index contributed by atoms with van der Waals surface area (Å²) < 4.78 is 0. The van der Waals surface area contributed by atoms with Crippen molar-refractivity contribution in [1.29, 1.82) is 0 Å². The van der Waals surface area contributed by atoms with Gasteiger partial charge in [0.1, 0.15) is 6.54 Å². The van der Waals surface area contributed by atoms with Crippen molar-refractivity contribution in [1.82, 2.24) is 9.96 Å². The molecule has 3 aromatic carbocycles. The average molecular weight is 386 g/mol. The van der Waals surface area contributed by atoms with Crippen LogP contribution >= 0.6 is 0 Å². The number of hydrogen-bond donors (Lipinski definition) is 0. The van der Waals surface area contributed by atoms with E-state index in [4.69, 9.17) is 4.84 Å². The van der Waals surface area contributed by atoms with Crippen LogP contribution in [-0.2, 0) is 9.63 Å². The standard InChI is InChI=1S/C23H18N2O4/c26-20-16-24(22(27)18-12-6-2-7-13-18)21(17-10-4-1-5-11-17)25(20)29-23(28)19-14-8-3-9-15-19/h1-15,21H,16H2. The van der Waals surface area contributed by atoms with Crippen molar-refractivity contribution in [2.45, 2.75) is 6.17 Å². The Morgan fingerprint density at radius 2 is 1.28 bits per heavy atom. The van der Waals surface area contributed by atoms with E-state index in [1.807, 2.05) is 12.1 Å². The second-order valence-electron chi connectivity index (χ2n) is 6.55. The van der Waals surface area contributed by atoms with Crippen molar-refractivity contribution in [2.75, 3.05) is 6.54 Å². The lowest BCUT2D eigenvalue weighted by atomic mass is 10.1. The molecular formula is C23H18N2O4. The maximum atomic E-state index is 13.1. The second kappa shape index (κ2) is 7.98. The Hall–Kier alpha value is -3.93. The van der Waals surface area contributed by atoms with Crippen molar-refractivity contribution in [3.05, 3.63) is 108 Å². The van der Waals surface area contributed by atoms with Gasteiger partial charge in [0, 0.05) is 5.56 Å². The van der Waals surface area contributed by atoms with Crippen LogP contribution in [0.1, 0.15) is 32.4 Å². The lowest BCUT2D eigenvalue weighted by Gasteiger charge is -2.28. The SMILES string of the molecule is O=C(ON1C(=O)CN(C(=O)c2ccccc2)C1c1ccccc1)c1ccccc1. The number of carbonyl (C=O) groups excluding carboxylic acids is 3. The number of rotatable bonds is 4. The molecule has 0 radical (unpaired) electrons. The van der Waals surface area contributed by atoms with Crippen LogP contribution in [0.3, 0.4) is 0 Å². The van der Waals surface area contributed by atoms with Gasteiger partial charge in [-0.25, -0.2) is 4.79 Å². The van der Waals surface area contributed by atoms with Gasteiger partial charge in [-0.1, -0.05) is 66.7 Å². The van der Waals surface area contributed by atoms with Crippen molar-refractivity contribution in [3.8, 4) is 0 Å². The van der Waals surface area contributed by atoms with E-state index < -0.39 is 18.0 Å². The first kappa shape index (κ1) is 18.4. The number of hydroxylamine groups is 2. The Morgan fingerprint density at radius 3 is 1.86 bits per heavy atom. The highest BCUT2D eigenvalue weighted by Crippen LogP contribution is 2.32. The van der Waals surface area contributed by atoms with Gasteiger partial charge in [-0.3, -0.25) is 9.59 Å². The first-order chi connectivity index (χ1) is 14.1. The summed E-state index contributed by atoms with van der Waals surface area (Å²) in [5.41, 5.74) is 1.45. The highest BCUT2D eigenvalue weighted by atomic mass is 16.7. The molecule has 0 N–H and O–H groups in total. The summed E-state index contributed by atoms with van der Waals surface area (Å²) in [5, 5.41) is 0.992. The molecule has 1 atom stereocenters. The Morgan fingerprint density at radius 1 is 0.759 bits per heavy atom. The van der Waals surface area contributed by atoms with Crippen molar-refractivity contribution in [3.63, 3.8) is 0 Å². The predicted octanol–water partition coefficient (Wildman–Crippen LogP) is 3.44. The largest absolute Gasteiger partial charge is 0.363 e. The van der Waals surface area contributed by atoms with Crippen LogP contribution in [0.2, 0.25) is 0 Å². The fourth-order valence-electron chi connectivity index (χ4n) is 3.25. The van der Waals surface area contributed by atoms with Crippen LogP contribution in [0.15, 0.2) is 91.0 Å². The Balaban J connectivity index is 1.67. The van der Waals surface area contributed by atoms with Crippen LogP contribution in [-0.4, -0.2) is 34.3 Å². The zero-order chi connectivity index (χ0) is 20.2. The molecule has 1 saturated heterocycles. The first-order valence-corrected chi connectivity index (χ1v) is 9.15. The molecule has 0 aliphatic carbocycles. The molecule has 1 fully saturated rings. The second-order valence-corrected chi connectivity index (χ2v) is 6.55. The van der Waals surface area contributed by atoms with Crippen molar-refractivity contribution >= 4 is 17.8 Å². The normalized spacial score (nSPS) is 16.0. The molecule has 3 aromatic rings. The van der Waals surface area contributed by atoms with E-state index in [-0.39, 0.29) is 12.5 Å². The molecule has 2 amide bonds. The minimum atomic E-state index is -0.843. The zero-order valence-corrected chi connectivity index (χ0v) is 15.5. The fraction of sp³-hybridized carbons (Fsp3) is 0.0870. The third-order valence-electron chi connectivity index (χ3n) is 4.64. The summed E-state index contributed by atoms with van der Waals surface area (Å²) in [6.07, 6.45) is -0.843. The molecule has 4 rings (SSSR count). The number of amides is 2. The van der Waals surface area contributed by atoms with E-state index in [0.29, 0.717) is 16.7 Å². The van der Waals surface area contributed by atoms with Gasteiger partial charge >= 0.3 is 5.97 Å². The zero-order valence-electron chi connectivity index (χ0n) is 15.5. The number of benzene rings is 3. The summed E-state index contributed by atoms with van der Waals surface area (Å²) >= 11 is 0. The van der Waals surface area contributed by atoms with E-state index in [0.717, 1.165) is 5.06 Å². The van der Waals surface area contributed by atoms with Crippen LogP contribution in [0.4, 0.5) is 0 Å². The number of nitrogens with zero attached hydrogens (tertiary/aromatic N) is 2. The van der Waals surface area contributed by atoms with E-state index in [9.17, 15) is 14.4 Å². The Labute approximate surface area is 167 Å². The predicted molar refractivity (Wildman–Crippen MR) is 105 cm³/mol. The molecule has 1 aliphatic rings. The van der Waals surface area contributed by atoms with Gasteiger partial charge in [-0.15, -0.1) is 5.06 Å². The molecule has 0 saturated carbocycles. The van der Waals surface area contributed by atoms with E-state index >= 15 is 0 Å². The van der Waals surface area contributed by atoms with E-state index in [1.54, 1.807) is 78.9 Å². The van der Waals surface area contributed by atoms with Gasteiger partial charge < -0.3 is 9.74 Å². The monoisotopic (exact) mass is 386 g/mol. The summed E-state index contributed by atoms with van der Waals surface area (Å²) in [4.78, 5) is 45.2. The van der Waals surface area contributed by atoms with Gasteiger partial charge in [0.25, 0.3) is 11.8 Å². The van der Waals surface area contributed by atoms with Crippen LogP contribution < -0.4 is 0 Å². The molecule has 0 bridgehead atoms. The van der Waals surface area contributed by atoms with Gasteiger partial charge in [0.15, 0.2) is 6.17 Å². The molecular weight excluding hydrogens is 368 g/mol. The summed E-state index contributed by atoms with van der Waals surface area (Å²) in [6, 6.07) is 26.2. The molecule has 1 unspecified atom stereocenters. The topological polar surface area (TPSA) is 66.9 Å². The van der Waals surface area contributed by atoms with Crippen molar-refractivity contribution in [2.24, 2.45) is 0 Å². The lowest BCUT2D eigenvalue weighted by molar-refractivity contribution is -0.171. The van der Waals surface area contributed by atoms with Crippen LogP contribution in [0, 0.1) is 0 Å². The van der Waals surface area contributed by atoms with E-state index in [2.05, 4.69) is 0 Å². The summed E-state index contributed by atoms with van der Waals surface area (Å²) in [6.45, 7) is -0.185. The number of hydrogen-bond acceptors (Lipinski definition) is 4. The molecule has 0 spiro atoms. The number of carbonyl (C=O) groups is 3. The lowest BCUT2D eigenvalue weighted by Crippen LogP contribution is -2.36. The molecule has 0 aromatic heterocycles. The molecule has 144 valence electrons. The van der Waals surface area contributed by atoms with Gasteiger partial charge in [0.2, 0.25) is 0 Å². The Bertz CT molecular complexity index is 1020. The quantitative estimate of drug-likeness (QED) is 0.689. The maximum absolute atomic E-state index is 13.1. The third kappa shape index (κ3) is 3.73. The third-order valence-corrected chi connectivity index (χ3v) is 4.64. The van der Waals surface area contributed by atoms with Gasteiger partial charge in [-0.2, -0.15) is 0 Å². The first-order valence-electron chi connectivity index (χ1n) is 9.15. The molecule has 1 heterocycles. The van der Waals surface area contributed by atoms with Crippen LogP contribution in [0.25, 0.3) is 0 Å². The summed E-state index contributed by atoms with van der Waals surface area (Å²) in [5.74, 6) is -1.44. The fourth-order valence-corrected chi connectivity index (χ4v) is 3.25. The highest BCUT2D eigenvalue weighted by Gasteiger charge is 2.44.